The average molecular weight is 280 g/mol. The lowest BCUT2D eigenvalue weighted by atomic mass is 10.1. The molecule has 2 N–H and O–H groups in total. The van der Waals surface area contributed by atoms with Gasteiger partial charge in [-0.25, -0.2) is 4.39 Å². The first-order valence-electron chi connectivity index (χ1n) is 5.98. The summed E-state index contributed by atoms with van der Waals surface area (Å²) in [6.07, 6.45) is -0.322. The van der Waals surface area contributed by atoms with Crippen molar-refractivity contribution in [2.75, 3.05) is 6.54 Å². The topological polar surface area (TPSA) is 35.2 Å². The highest BCUT2D eigenvalue weighted by Gasteiger charge is 2.13. The molecule has 0 aliphatic heterocycles. The number of ether oxygens (including phenoxy) is 1. The molecule has 4 heteroatoms. The van der Waals surface area contributed by atoms with Crippen LogP contribution in [0.25, 0.3) is 0 Å². The third-order valence-electron chi connectivity index (χ3n) is 2.84. The van der Waals surface area contributed by atoms with Crippen LogP contribution in [0, 0.1) is 12.7 Å². The molecule has 0 bridgehead atoms. The minimum Gasteiger partial charge on any atom is -0.484 e. The second kappa shape index (κ2) is 6.04. The molecule has 1 unspecified atom stereocenters. The molecular formula is C15H15ClFNO. The standard InChI is InChI=1S/C15H15ClFNO/c1-10-7-11(5-6-14(10)17)15(9-18)19-13-4-2-3-12(16)8-13/h2-8,15H,9,18H2,1H3. The third kappa shape index (κ3) is 3.46. The van der Waals surface area contributed by atoms with E-state index in [4.69, 9.17) is 22.1 Å². The number of aryl methyl sites for hydroxylation is 1. The zero-order valence-corrected chi connectivity index (χ0v) is 11.3. The first-order valence-corrected chi connectivity index (χ1v) is 6.36. The summed E-state index contributed by atoms with van der Waals surface area (Å²) in [6, 6.07) is 12.0. The normalized spacial score (nSPS) is 12.2. The van der Waals surface area contributed by atoms with Crippen molar-refractivity contribution >= 4 is 11.6 Å². The lowest BCUT2D eigenvalue weighted by Crippen LogP contribution is -2.18. The van der Waals surface area contributed by atoms with Gasteiger partial charge in [-0.1, -0.05) is 23.7 Å². The maximum Gasteiger partial charge on any atom is 0.136 e. The minimum atomic E-state index is -0.322. The smallest absolute Gasteiger partial charge is 0.136 e. The van der Waals surface area contributed by atoms with Gasteiger partial charge in [0.05, 0.1) is 0 Å². The maximum absolute atomic E-state index is 13.3. The Morgan fingerprint density at radius 2 is 2.05 bits per heavy atom. The van der Waals surface area contributed by atoms with Gasteiger partial charge in [0, 0.05) is 11.6 Å². The van der Waals surface area contributed by atoms with Crippen LogP contribution in [0.15, 0.2) is 42.5 Å². The second-order valence-corrected chi connectivity index (χ2v) is 4.74. The molecule has 1 atom stereocenters. The highest BCUT2D eigenvalue weighted by atomic mass is 35.5. The van der Waals surface area contributed by atoms with E-state index in [2.05, 4.69) is 0 Å². The maximum atomic E-state index is 13.3. The third-order valence-corrected chi connectivity index (χ3v) is 3.08. The Labute approximate surface area is 117 Å². The summed E-state index contributed by atoms with van der Waals surface area (Å²) in [5.74, 6) is 0.409. The van der Waals surface area contributed by atoms with Crippen LogP contribution in [0.5, 0.6) is 5.75 Å². The zero-order chi connectivity index (χ0) is 13.8. The molecule has 0 aliphatic carbocycles. The number of halogens is 2. The Morgan fingerprint density at radius 3 is 2.68 bits per heavy atom. The molecule has 2 nitrogen and oxygen atoms in total. The first-order chi connectivity index (χ1) is 9.10. The van der Waals surface area contributed by atoms with Crippen LogP contribution in [0.1, 0.15) is 17.2 Å². The largest absolute Gasteiger partial charge is 0.484 e. The second-order valence-electron chi connectivity index (χ2n) is 4.31. The van der Waals surface area contributed by atoms with E-state index in [1.54, 1.807) is 37.3 Å². The van der Waals surface area contributed by atoms with Crippen LogP contribution < -0.4 is 10.5 Å². The fourth-order valence-electron chi connectivity index (χ4n) is 1.82. The van der Waals surface area contributed by atoms with Crippen molar-refractivity contribution in [1.82, 2.24) is 0 Å². The summed E-state index contributed by atoms with van der Waals surface area (Å²) in [5.41, 5.74) is 7.15. The van der Waals surface area contributed by atoms with Gasteiger partial charge in [-0.3, -0.25) is 0 Å². The lowest BCUT2D eigenvalue weighted by Gasteiger charge is -2.18. The molecule has 2 aromatic rings. The predicted octanol–water partition coefficient (Wildman–Crippen LogP) is 3.87. The number of hydrogen-bond acceptors (Lipinski definition) is 2. The number of rotatable bonds is 4. The molecule has 0 radical (unpaired) electrons. The average Bonchev–Trinajstić information content (AvgIpc) is 2.39. The Morgan fingerprint density at radius 1 is 1.26 bits per heavy atom. The Hall–Kier alpha value is -1.58. The van der Waals surface area contributed by atoms with Crippen molar-refractivity contribution < 1.29 is 9.13 Å². The lowest BCUT2D eigenvalue weighted by molar-refractivity contribution is 0.214. The van der Waals surface area contributed by atoms with Crippen molar-refractivity contribution in [2.24, 2.45) is 5.73 Å². The van der Waals surface area contributed by atoms with Gasteiger partial charge in [0.25, 0.3) is 0 Å². The van der Waals surface area contributed by atoms with Crippen LogP contribution in [0.4, 0.5) is 4.39 Å². The fraction of sp³-hybridized carbons (Fsp3) is 0.200. The van der Waals surface area contributed by atoms with Crippen LogP contribution in [-0.2, 0) is 0 Å². The molecule has 0 aromatic heterocycles. The molecule has 19 heavy (non-hydrogen) atoms. The molecule has 100 valence electrons. The van der Waals surface area contributed by atoms with E-state index in [0.29, 0.717) is 22.9 Å². The summed E-state index contributed by atoms with van der Waals surface area (Å²) < 4.78 is 19.0. The highest BCUT2D eigenvalue weighted by molar-refractivity contribution is 6.30. The zero-order valence-electron chi connectivity index (χ0n) is 10.6. The summed E-state index contributed by atoms with van der Waals surface area (Å²) >= 11 is 5.90. The predicted molar refractivity (Wildman–Crippen MR) is 75.0 cm³/mol. The summed E-state index contributed by atoms with van der Waals surface area (Å²) in [4.78, 5) is 0. The van der Waals surface area contributed by atoms with E-state index in [-0.39, 0.29) is 11.9 Å². The summed E-state index contributed by atoms with van der Waals surface area (Å²) in [5, 5.41) is 0.601. The van der Waals surface area contributed by atoms with E-state index in [1.807, 2.05) is 6.07 Å². The van der Waals surface area contributed by atoms with E-state index in [1.165, 1.54) is 6.07 Å². The van der Waals surface area contributed by atoms with E-state index >= 15 is 0 Å². The van der Waals surface area contributed by atoms with Crippen molar-refractivity contribution in [1.29, 1.82) is 0 Å². The first kappa shape index (κ1) is 13.8. The van der Waals surface area contributed by atoms with Gasteiger partial charge in [-0.2, -0.15) is 0 Å². The van der Waals surface area contributed by atoms with Gasteiger partial charge in [0.15, 0.2) is 0 Å². The van der Waals surface area contributed by atoms with Gasteiger partial charge < -0.3 is 10.5 Å². The summed E-state index contributed by atoms with van der Waals surface area (Å²) in [6.45, 7) is 2.02. The molecule has 0 aliphatic rings. The monoisotopic (exact) mass is 279 g/mol. The molecule has 0 saturated heterocycles. The van der Waals surface area contributed by atoms with Crippen molar-refractivity contribution in [2.45, 2.75) is 13.0 Å². The van der Waals surface area contributed by atoms with Crippen molar-refractivity contribution in [3.05, 3.63) is 64.4 Å². The van der Waals surface area contributed by atoms with Gasteiger partial charge in [0.1, 0.15) is 17.7 Å². The van der Waals surface area contributed by atoms with Gasteiger partial charge in [-0.15, -0.1) is 0 Å². The van der Waals surface area contributed by atoms with Crippen LogP contribution >= 0.6 is 11.6 Å². The van der Waals surface area contributed by atoms with Gasteiger partial charge in [-0.05, 0) is 48.4 Å². The number of benzene rings is 2. The number of hydrogen-bond donors (Lipinski definition) is 1. The molecule has 2 aromatic carbocycles. The molecule has 0 fully saturated rings. The Kier molecular flexibility index (Phi) is 4.40. The van der Waals surface area contributed by atoms with Crippen molar-refractivity contribution in [3.63, 3.8) is 0 Å². The Balaban J connectivity index is 2.22. The van der Waals surface area contributed by atoms with Crippen molar-refractivity contribution in [3.8, 4) is 5.75 Å². The number of nitrogens with two attached hydrogens (primary N) is 1. The molecule has 0 saturated carbocycles. The molecule has 2 rings (SSSR count). The van der Waals surface area contributed by atoms with Crippen LogP contribution in [0.2, 0.25) is 5.02 Å². The highest BCUT2D eigenvalue weighted by Crippen LogP contribution is 2.25. The molecule has 0 amide bonds. The fourth-order valence-corrected chi connectivity index (χ4v) is 2.01. The SMILES string of the molecule is Cc1cc(C(CN)Oc2cccc(Cl)c2)ccc1F. The Bertz CT molecular complexity index is 574. The van der Waals surface area contributed by atoms with Gasteiger partial charge >= 0.3 is 0 Å². The minimum absolute atomic E-state index is 0.234. The molecular weight excluding hydrogens is 265 g/mol. The quantitative estimate of drug-likeness (QED) is 0.922. The van der Waals surface area contributed by atoms with E-state index in [0.717, 1.165) is 5.56 Å². The molecule has 0 heterocycles. The van der Waals surface area contributed by atoms with Crippen LogP contribution in [-0.4, -0.2) is 6.54 Å². The van der Waals surface area contributed by atoms with E-state index < -0.39 is 0 Å². The van der Waals surface area contributed by atoms with Gasteiger partial charge in [0.2, 0.25) is 0 Å². The van der Waals surface area contributed by atoms with Crippen LogP contribution in [0.3, 0.4) is 0 Å². The van der Waals surface area contributed by atoms with E-state index in [9.17, 15) is 4.39 Å². The molecule has 0 spiro atoms. The summed E-state index contributed by atoms with van der Waals surface area (Å²) in [7, 11) is 0.